The van der Waals surface area contributed by atoms with E-state index in [0.29, 0.717) is 15.5 Å². The minimum absolute atomic E-state index is 0.198. The number of carbonyl (C=O) groups is 1. The minimum Gasteiger partial charge on any atom is -0.493 e. The zero-order valence-electron chi connectivity index (χ0n) is 13.5. The molecule has 0 aliphatic carbocycles. The molecule has 6 nitrogen and oxygen atoms in total. The molecule has 0 radical (unpaired) electrons. The standard InChI is InChI=1S/C18H12ClNO5S/c1-24-14-10-11(8-9-20(22)23)6-7-13(14)25-18(21)17-16(19)12-4-2-3-5-15(12)26-17/h2-10H,1H3/b9-8+. The third-order valence-corrected chi connectivity index (χ3v) is 5.15. The zero-order valence-corrected chi connectivity index (χ0v) is 15.0. The Morgan fingerprint density at radius 1 is 1.23 bits per heavy atom. The molecule has 0 amide bonds. The van der Waals surface area contributed by atoms with Gasteiger partial charge in [0.1, 0.15) is 4.88 Å². The molecular formula is C18H12ClNO5S. The van der Waals surface area contributed by atoms with Crippen LogP contribution in [0.5, 0.6) is 11.5 Å². The fourth-order valence-corrected chi connectivity index (χ4v) is 3.70. The fraction of sp³-hybridized carbons (Fsp3) is 0.0556. The number of esters is 1. The molecule has 26 heavy (non-hydrogen) atoms. The first-order chi connectivity index (χ1) is 12.5. The van der Waals surface area contributed by atoms with Crippen LogP contribution in [0, 0.1) is 10.1 Å². The Bertz CT molecular complexity index is 1030. The number of rotatable bonds is 5. The highest BCUT2D eigenvalue weighted by molar-refractivity contribution is 7.21. The Morgan fingerprint density at radius 2 is 2.00 bits per heavy atom. The summed E-state index contributed by atoms with van der Waals surface area (Å²) in [7, 11) is 1.42. The number of hydrogen-bond donors (Lipinski definition) is 0. The minimum atomic E-state index is -0.594. The maximum absolute atomic E-state index is 12.5. The number of fused-ring (bicyclic) bond motifs is 1. The van der Waals surface area contributed by atoms with E-state index in [9.17, 15) is 14.9 Å². The molecule has 3 aromatic rings. The number of nitro groups is 1. The molecule has 0 N–H and O–H groups in total. The molecule has 3 rings (SSSR count). The van der Waals surface area contributed by atoms with Crippen LogP contribution in [0.4, 0.5) is 0 Å². The number of methoxy groups -OCH3 is 1. The summed E-state index contributed by atoms with van der Waals surface area (Å²) < 4.78 is 11.5. The summed E-state index contributed by atoms with van der Waals surface area (Å²) in [5, 5.41) is 11.5. The number of nitrogens with zero attached hydrogens (tertiary/aromatic N) is 1. The topological polar surface area (TPSA) is 78.7 Å². The van der Waals surface area contributed by atoms with Gasteiger partial charge in [-0.05, 0) is 23.8 Å². The molecule has 1 heterocycles. The fourth-order valence-electron chi connectivity index (χ4n) is 2.31. The number of carbonyl (C=O) groups excluding carboxylic acids is 1. The van der Waals surface area contributed by atoms with Crippen molar-refractivity contribution in [3.63, 3.8) is 0 Å². The first-order valence-electron chi connectivity index (χ1n) is 7.38. The van der Waals surface area contributed by atoms with E-state index in [-0.39, 0.29) is 11.5 Å². The predicted molar refractivity (Wildman–Crippen MR) is 101 cm³/mol. The quantitative estimate of drug-likeness (QED) is 0.264. The Hall–Kier alpha value is -2.90. The lowest BCUT2D eigenvalue weighted by molar-refractivity contribution is -0.400. The second-order valence-electron chi connectivity index (χ2n) is 5.14. The highest BCUT2D eigenvalue weighted by Gasteiger charge is 2.20. The van der Waals surface area contributed by atoms with Crippen LogP contribution in [0.3, 0.4) is 0 Å². The van der Waals surface area contributed by atoms with Crippen molar-refractivity contribution in [2.45, 2.75) is 0 Å². The normalized spacial score (nSPS) is 11.0. The number of hydrogen-bond acceptors (Lipinski definition) is 6. The van der Waals surface area contributed by atoms with Gasteiger partial charge in [-0.2, -0.15) is 0 Å². The van der Waals surface area contributed by atoms with Gasteiger partial charge in [-0.25, -0.2) is 4.79 Å². The maximum atomic E-state index is 12.5. The van der Waals surface area contributed by atoms with Crippen LogP contribution >= 0.6 is 22.9 Å². The molecule has 0 unspecified atom stereocenters. The van der Waals surface area contributed by atoms with Crippen molar-refractivity contribution in [1.82, 2.24) is 0 Å². The largest absolute Gasteiger partial charge is 0.493 e. The number of halogens is 1. The second-order valence-corrected chi connectivity index (χ2v) is 6.57. The number of ether oxygens (including phenoxy) is 2. The van der Waals surface area contributed by atoms with Crippen molar-refractivity contribution in [1.29, 1.82) is 0 Å². The van der Waals surface area contributed by atoms with Gasteiger partial charge in [-0.3, -0.25) is 10.1 Å². The van der Waals surface area contributed by atoms with Gasteiger partial charge in [0, 0.05) is 16.2 Å². The summed E-state index contributed by atoms with van der Waals surface area (Å²) in [6.45, 7) is 0. The maximum Gasteiger partial charge on any atom is 0.355 e. The molecule has 0 saturated heterocycles. The average Bonchev–Trinajstić information content (AvgIpc) is 2.98. The van der Waals surface area contributed by atoms with Gasteiger partial charge in [0.2, 0.25) is 6.20 Å². The molecule has 132 valence electrons. The van der Waals surface area contributed by atoms with Crippen molar-refractivity contribution in [3.05, 3.63) is 74.2 Å². The van der Waals surface area contributed by atoms with Gasteiger partial charge in [0.15, 0.2) is 11.5 Å². The van der Waals surface area contributed by atoms with Crippen LogP contribution in [0.2, 0.25) is 5.02 Å². The van der Waals surface area contributed by atoms with E-state index in [1.807, 2.05) is 24.3 Å². The SMILES string of the molecule is COc1cc(/C=C/[N+](=O)[O-])ccc1OC(=O)c1sc2ccccc2c1Cl. The summed E-state index contributed by atoms with van der Waals surface area (Å²) in [4.78, 5) is 22.7. The lowest BCUT2D eigenvalue weighted by Crippen LogP contribution is -2.08. The predicted octanol–water partition coefficient (Wildman–Crippen LogP) is 5.03. The molecule has 0 bridgehead atoms. The van der Waals surface area contributed by atoms with Gasteiger partial charge < -0.3 is 9.47 Å². The number of thiophene rings is 1. The third-order valence-electron chi connectivity index (χ3n) is 3.50. The summed E-state index contributed by atoms with van der Waals surface area (Å²) in [5.74, 6) is -0.117. The Balaban J connectivity index is 1.88. The van der Waals surface area contributed by atoms with Crippen molar-refractivity contribution in [2.75, 3.05) is 7.11 Å². The van der Waals surface area contributed by atoms with Crippen LogP contribution in [-0.2, 0) is 0 Å². The van der Waals surface area contributed by atoms with Crippen LogP contribution in [-0.4, -0.2) is 18.0 Å². The lowest BCUT2D eigenvalue weighted by atomic mass is 10.2. The van der Waals surface area contributed by atoms with E-state index in [0.717, 1.165) is 16.3 Å². The highest BCUT2D eigenvalue weighted by atomic mass is 35.5. The molecule has 0 fully saturated rings. The number of benzene rings is 2. The summed E-state index contributed by atoms with van der Waals surface area (Å²) in [6.07, 6.45) is 2.13. The smallest absolute Gasteiger partial charge is 0.355 e. The second kappa shape index (κ2) is 7.55. The third kappa shape index (κ3) is 3.68. The van der Waals surface area contributed by atoms with E-state index in [2.05, 4.69) is 0 Å². The monoisotopic (exact) mass is 389 g/mol. The van der Waals surface area contributed by atoms with E-state index in [4.69, 9.17) is 21.1 Å². The van der Waals surface area contributed by atoms with Crippen LogP contribution in [0.15, 0.2) is 48.7 Å². The van der Waals surface area contributed by atoms with E-state index < -0.39 is 10.9 Å². The first-order valence-corrected chi connectivity index (χ1v) is 8.58. The van der Waals surface area contributed by atoms with Crippen LogP contribution < -0.4 is 9.47 Å². The van der Waals surface area contributed by atoms with Gasteiger partial charge in [0.25, 0.3) is 0 Å². The van der Waals surface area contributed by atoms with Crippen LogP contribution in [0.25, 0.3) is 16.2 Å². The highest BCUT2D eigenvalue weighted by Crippen LogP contribution is 2.37. The first kappa shape index (κ1) is 17.9. The van der Waals surface area contributed by atoms with Crippen LogP contribution in [0.1, 0.15) is 15.2 Å². The van der Waals surface area contributed by atoms with Crippen molar-refractivity contribution in [2.24, 2.45) is 0 Å². The molecule has 2 aromatic carbocycles. The molecule has 0 atom stereocenters. The summed E-state index contributed by atoms with van der Waals surface area (Å²) in [6, 6.07) is 12.0. The molecule has 0 saturated carbocycles. The van der Waals surface area contributed by atoms with Crippen molar-refractivity contribution >= 4 is 45.1 Å². The van der Waals surface area contributed by atoms with Gasteiger partial charge in [-0.15, -0.1) is 11.3 Å². The molecule has 1 aromatic heterocycles. The Morgan fingerprint density at radius 3 is 2.69 bits per heavy atom. The average molecular weight is 390 g/mol. The van der Waals surface area contributed by atoms with Gasteiger partial charge >= 0.3 is 5.97 Å². The Kier molecular flexibility index (Phi) is 5.20. The summed E-state index contributed by atoms with van der Waals surface area (Å²) >= 11 is 7.54. The molecule has 0 aliphatic rings. The molecule has 8 heteroatoms. The van der Waals surface area contributed by atoms with Crippen molar-refractivity contribution < 1.29 is 19.2 Å². The molecule has 0 spiro atoms. The van der Waals surface area contributed by atoms with E-state index >= 15 is 0 Å². The Labute approximate surface area is 157 Å². The molecule has 0 aliphatic heterocycles. The van der Waals surface area contributed by atoms with Gasteiger partial charge in [0.05, 0.1) is 17.1 Å². The van der Waals surface area contributed by atoms with Gasteiger partial charge in [-0.1, -0.05) is 35.9 Å². The summed E-state index contributed by atoms with van der Waals surface area (Å²) in [5.41, 5.74) is 0.540. The van der Waals surface area contributed by atoms with Crippen molar-refractivity contribution in [3.8, 4) is 11.5 Å². The van der Waals surface area contributed by atoms with E-state index in [1.165, 1.54) is 36.7 Å². The van der Waals surface area contributed by atoms with E-state index in [1.54, 1.807) is 6.07 Å². The zero-order chi connectivity index (χ0) is 18.7. The molecular weight excluding hydrogens is 378 g/mol. The lowest BCUT2D eigenvalue weighted by Gasteiger charge is -2.09.